The van der Waals surface area contributed by atoms with Crippen LogP contribution in [0.5, 0.6) is 0 Å². The minimum atomic E-state index is 1.10. The van der Waals surface area contributed by atoms with Crippen LogP contribution in [-0.4, -0.2) is 4.57 Å². The average molecular weight is 669 g/mol. The van der Waals surface area contributed by atoms with E-state index in [1.165, 1.54) is 64.2 Å². The Hall–Kier alpha value is -6.42. The molecule has 0 saturated carbocycles. The smallest absolute Gasteiger partial charge is 0.0541 e. The maximum atomic E-state index is 2.42. The summed E-state index contributed by atoms with van der Waals surface area (Å²) < 4.78 is 4.99. The summed E-state index contributed by atoms with van der Waals surface area (Å²) in [5.74, 6) is 0. The van der Waals surface area contributed by atoms with Crippen molar-refractivity contribution in [3.8, 4) is 27.9 Å². The van der Waals surface area contributed by atoms with Gasteiger partial charge < -0.3 is 9.47 Å². The Balaban J connectivity index is 1.19. The molecule has 0 fully saturated rings. The van der Waals surface area contributed by atoms with E-state index >= 15 is 0 Å². The number of hydrogen-bond donors (Lipinski definition) is 0. The standard InChI is InChI=1S/C48H32N2S/c1-3-13-33(14-4-1)35-29-36(34-15-5-2-6-16-34)31-40(30-35)49(39-27-28-48-44(32-39)43-19-9-12-22-47(43)51-48)37-23-25-38(26-24-37)50-45-20-10-7-17-41(45)42-18-8-11-21-46(42)50/h1-32H. The number of hydrogen-bond acceptors (Lipinski definition) is 2. The third-order valence-corrected chi connectivity index (χ3v) is 11.1. The quantitative estimate of drug-likeness (QED) is 0.171. The summed E-state index contributed by atoms with van der Waals surface area (Å²) in [7, 11) is 0. The van der Waals surface area contributed by atoms with E-state index in [1.807, 2.05) is 11.3 Å². The van der Waals surface area contributed by atoms with Gasteiger partial charge in [0.2, 0.25) is 0 Å². The largest absolute Gasteiger partial charge is 0.310 e. The van der Waals surface area contributed by atoms with Gasteiger partial charge in [0, 0.05) is 53.7 Å². The van der Waals surface area contributed by atoms with Crippen LogP contribution in [0.4, 0.5) is 17.1 Å². The molecule has 2 aromatic heterocycles. The Bertz CT molecular complexity index is 2740. The molecule has 51 heavy (non-hydrogen) atoms. The highest BCUT2D eigenvalue weighted by Gasteiger charge is 2.18. The Labute approximate surface area is 300 Å². The molecule has 0 N–H and O–H groups in total. The first-order valence-corrected chi connectivity index (χ1v) is 18.2. The second-order valence-electron chi connectivity index (χ2n) is 13.0. The predicted molar refractivity (Wildman–Crippen MR) is 219 cm³/mol. The molecule has 0 aliphatic heterocycles. The van der Waals surface area contributed by atoms with E-state index in [1.54, 1.807) is 0 Å². The predicted octanol–water partition coefficient (Wildman–Crippen LogP) is 14.0. The monoisotopic (exact) mass is 668 g/mol. The van der Waals surface area contributed by atoms with Gasteiger partial charge in [-0.05, 0) is 101 Å². The van der Waals surface area contributed by atoms with Gasteiger partial charge in [-0.3, -0.25) is 0 Å². The molecule has 0 spiro atoms. The molecule has 10 aromatic rings. The van der Waals surface area contributed by atoms with Crippen molar-refractivity contribution in [2.75, 3.05) is 4.90 Å². The van der Waals surface area contributed by atoms with Crippen molar-refractivity contribution in [3.63, 3.8) is 0 Å². The van der Waals surface area contributed by atoms with Gasteiger partial charge in [0.1, 0.15) is 0 Å². The van der Waals surface area contributed by atoms with E-state index in [9.17, 15) is 0 Å². The highest BCUT2D eigenvalue weighted by atomic mass is 32.1. The first-order valence-electron chi connectivity index (χ1n) is 17.3. The highest BCUT2D eigenvalue weighted by Crippen LogP contribution is 2.43. The molecule has 0 unspecified atom stereocenters. The number of para-hydroxylation sites is 2. The van der Waals surface area contributed by atoms with Gasteiger partial charge in [-0.1, -0.05) is 115 Å². The molecular formula is C48H32N2S. The van der Waals surface area contributed by atoms with Crippen molar-refractivity contribution < 1.29 is 0 Å². The summed E-state index contributed by atoms with van der Waals surface area (Å²) in [5, 5.41) is 5.11. The molecule has 0 aliphatic carbocycles. The fraction of sp³-hybridized carbons (Fsp3) is 0. The zero-order chi connectivity index (χ0) is 33.7. The Morgan fingerprint density at radius 1 is 0.333 bits per heavy atom. The summed E-state index contributed by atoms with van der Waals surface area (Å²) in [6.07, 6.45) is 0. The Morgan fingerprint density at radius 2 is 0.843 bits per heavy atom. The average Bonchev–Trinajstić information content (AvgIpc) is 3.75. The van der Waals surface area contributed by atoms with E-state index < -0.39 is 0 Å². The fourth-order valence-corrected chi connectivity index (χ4v) is 8.67. The molecule has 0 amide bonds. The van der Waals surface area contributed by atoms with Crippen LogP contribution in [0.2, 0.25) is 0 Å². The van der Waals surface area contributed by atoms with Crippen molar-refractivity contribution in [3.05, 3.63) is 194 Å². The van der Waals surface area contributed by atoms with Gasteiger partial charge in [0.15, 0.2) is 0 Å². The minimum absolute atomic E-state index is 1.10. The van der Waals surface area contributed by atoms with Crippen molar-refractivity contribution in [1.29, 1.82) is 0 Å². The van der Waals surface area contributed by atoms with Gasteiger partial charge in [-0.2, -0.15) is 0 Å². The first kappa shape index (κ1) is 29.5. The van der Waals surface area contributed by atoms with Crippen molar-refractivity contribution in [2.45, 2.75) is 0 Å². The van der Waals surface area contributed by atoms with E-state index in [2.05, 4.69) is 204 Å². The Morgan fingerprint density at radius 3 is 1.47 bits per heavy atom. The van der Waals surface area contributed by atoms with Crippen LogP contribution in [0.1, 0.15) is 0 Å². The zero-order valence-electron chi connectivity index (χ0n) is 27.8. The molecule has 0 radical (unpaired) electrons. The number of fused-ring (bicyclic) bond motifs is 6. The maximum Gasteiger partial charge on any atom is 0.0541 e. The van der Waals surface area contributed by atoms with Gasteiger partial charge in [0.05, 0.1) is 11.0 Å². The third-order valence-electron chi connectivity index (χ3n) is 9.95. The lowest BCUT2D eigenvalue weighted by atomic mass is 9.97. The van der Waals surface area contributed by atoms with Crippen LogP contribution in [0.3, 0.4) is 0 Å². The van der Waals surface area contributed by atoms with Crippen LogP contribution in [0, 0.1) is 0 Å². The van der Waals surface area contributed by atoms with Crippen LogP contribution < -0.4 is 4.90 Å². The fourth-order valence-electron chi connectivity index (χ4n) is 7.59. The maximum absolute atomic E-state index is 2.42. The van der Waals surface area contributed by atoms with Crippen LogP contribution >= 0.6 is 11.3 Å². The number of nitrogens with zero attached hydrogens (tertiary/aromatic N) is 2. The van der Waals surface area contributed by atoms with Gasteiger partial charge in [0.25, 0.3) is 0 Å². The molecule has 10 rings (SSSR count). The Kier molecular flexibility index (Phi) is 7.04. The zero-order valence-corrected chi connectivity index (χ0v) is 28.6. The summed E-state index contributed by atoms with van der Waals surface area (Å²) in [6, 6.07) is 70.5. The van der Waals surface area contributed by atoms with E-state index in [0.29, 0.717) is 0 Å². The molecule has 240 valence electrons. The van der Waals surface area contributed by atoms with Crippen LogP contribution in [0.25, 0.3) is 69.9 Å². The molecular weight excluding hydrogens is 637 g/mol. The van der Waals surface area contributed by atoms with Gasteiger partial charge in [-0.25, -0.2) is 0 Å². The highest BCUT2D eigenvalue weighted by molar-refractivity contribution is 7.25. The molecule has 2 heterocycles. The second kappa shape index (κ2) is 12.2. The van der Waals surface area contributed by atoms with Gasteiger partial charge in [-0.15, -0.1) is 11.3 Å². The molecule has 0 saturated heterocycles. The molecule has 3 heteroatoms. The van der Waals surface area contributed by atoms with Crippen molar-refractivity contribution in [2.24, 2.45) is 0 Å². The summed E-state index contributed by atoms with van der Waals surface area (Å²) in [6.45, 7) is 0. The van der Waals surface area contributed by atoms with Crippen molar-refractivity contribution >= 4 is 70.4 Å². The lowest BCUT2D eigenvalue weighted by molar-refractivity contribution is 1.17. The second-order valence-corrected chi connectivity index (χ2v) is 14.1. The number of thiophene rings is 1. The first-order chi connectivity index (χ1) is 25.3. The molecule has 0 bridgehead atoms. The van der Waals surface area contributed by atoms with Crippen molar-refractivity contribution in [1.82, 2.24) is 4.57 Å². The normalized spacial score (nSPS) is 11.5. The topological polar surface area (TPSA) is 8.17 Å². The molecule has 0 atom stereocenters. The van der Waals surface area contributed by atoms with E-state index in [4.69, 9.17) is 0 Å². The molecule has 8 aromatic carbocycles. The lowest BCUT2D eigenvalue weighted by Crippen LogP contribution is -2.10. The third kappa shape index (κ3) is 5.10. The molecule has 2 nitrogen and oxygen atoms in total. The van der Waals surface area contributed by atoms with Gasteiger partial charge >= 0.3 is 0 Å². The SMILES string of the molecule is c1ccc(-c2cc(-c3ccccc3)cc(N(c3ccc(-n4c5ccccc5c5ccccc54)cc3)c3ccc4sc5ccccc5c4c3)c2)cc1. The summed E-state index contributed by atoms with van der Waals surface area (Å²) >= 11 is 1.85. The minimum Gasteiger partial charge on any atom is -0.310 e. The van der Waals surface area contributed by atoms with Crippen LogP contribution in [0.15, 0.2) is 194 Å². The number of anilines is 3. The lowest BCUT2D eigenvalue weighted by Gasteiger charge is -2.27. The van der Waals surface area contributed by atoms with E-state index in [-0.39, 0.29) is 0 Å². The number of benzene rings is 8. The number of aromatic nitrogens is 1. The number of rotatable bonds is 6. The summed E-state index contributed by atoms with van der Waals surface area (Å²) in [5.41, 5.74) is 11.6. The van der Waals surface area contributed by atoms with Crippen LogP contribution in [-0.2, 0) is 0 Å². The molecule has 0 aliphatic rings. The van der Waals surface area contributed by atoms with E-state index in [0.717, 1.165) is 22.7 Å². The summed E-state index contributed by atoms with van der Waals surface area (Å²) in [4.78, 5) is 2.42.